The average molecular weight is 826 g/mol. The van der Waals surface area contributed by atoms with Crippen LogP contribution >= 0.6 is 0 Å². The van der Waals surface area contributed by atoms with E-state index in [4.69, 9.17) is 14.6 Å². The van der Waals surface area contributed by atoms with Crippen LogP contribution in [0.25, 0.3) is 27.6 Å². The van der Waals surface area contributed by atoms with Crippen molar-refractivity contribution in [1.29, 1.82) is 0 Å². The maximum absolute atomic E-state index is 14.5. The fraction of sp³-hybridized carbons (Fsp3) is 0.556. The van der Waals surface area contributed by atoms with Crippen molar-refractivity contribution in [3.63, 3.8) is 0 Å². The number of nitrogens with zero attached hydrogens (tertiary/aromatic N) is 5. The van der Waals surface area contributed by atoms with Gasteiger partial charge in [-0.1, -0.05) is 39.8 Å². The number of aliphatic imine (C=N–C) groups is 1. The van der Waals surface area contributed by atoms with Gasteiger partial charge in [0.1, 0.15) is 17.8 Å². The highest BCUT2D eigenvalue weighted by atomic mass is 16.8. The lowest BCUT2D eigenvalue weighted by Gasteiger charge is -2.34. The Morgan fingerprint density at radius 3 is 2.63 bits per heavy atom. The summed E-state index contributed by atoms with van der Waals surface area (Å²) in [5, 5.41) is 19.7. The molecule has 3 aromatic rings. The van der Waals surface area contributed by atoms with Gasteiger partial charge in [0.05, 0.1) is 28.4 Å². The Bertz CT molecular complexity index is 2220. The second-order valence-corrected chi connectivity index (χ2v) is 17.8. The maximum Gasteiger partial charge on any atom is 0.326 e. The highest BCUT2D eigenvalue weighted by Gasteiger charge is 2.42. The molecule has 1 aromatic heterocycles. The van der Waals surface area contributed by atoms with Crippen molar-refractivity contribution in [3.05, 3.63) is 63.8 Å². The number of allylic oxidation sites excluding steroid dienone is 1. The van der Waals surface area contributed by atoms with Crippen LogP contribution in [0.5, 0.6) is 5.75 Å². The number of rotatable bonds is 9. The second-order valence-electron chi connectivity index (χ2n) is 17.8. The molecule has 15 nitrogen and oxygen atoms in total. The number of fused-ring (bicyclic) bond motifs is 6. The van der Waals surface area contributed by atoms with Crippen LogP contribution in [0.4, 0.5) is 0 Å². The molecule has 0 unspecified atom stereocenters. The minimum Gasteiger partial charge on any atom is -0.508 e. The van der Waals surface area contributed by atoms with Gasteiger partial charge >= 0.3 is 6.17 Å². The van der Waals surface area contributed by atoms with Crippen LogP contribution < -0.4 is 16.1 Å². The van der Waals surface area contributed by atoms with Crippen LogP contribution in [-0.4, -0.2) is 113 Å². The van der Waals surface area contributed by atoms with E-state index in [9.17, 15) is 24.4 Å². The average Bonchev–Trinajstić information content (AvgIpc) is 4.04. The van der Waals surface area contributed by atoms with Crippen molar-refractivity contribution >= 4 is 40.4 Å². The lowest BCUT2D eigenvalue weighted by molar-refractivity contribution is -0.835. The van der Waals surface area contributed by atoms with Crippen molar-refractivity contribution < 1.29 is 34.0 Å². The summed E-state index contributed by atoms with van der Waals surface area (Å²) in [4.78, 5) is 68.4. The zero-order valence-corrected chi connectivity index (χ0v) is 36.2. The van der Waals surface area contributed by atoms with E-state index in [1.54, 1.807) is 26.3 Å². The summed E-state index contributed by atoms with van der Waals surface area (Å²) in [7, 11) is 3.31. The van der Waals surface area contributed by atoms with E-state index in [0.29, 0.717) is 49.4 Å². The Kier molecular flexibility index (Phi) is 12.5. The van der Waals surface area contributed by atoms with E-state index in [1.807, 2.05) is 39.1 Å². The van der Waals surface area contributed by atoms with Crippen LogP contribution in [0.3, 0.4) is 0 Å². The molecule has 322 valence electrons. The Morgan fingerprint density at radius 1 is 1.17 bits per heavy atom. The van der Waals surface area contributed by atoms with Gasteiger partial charge in [0, 0.05) is 74.7 Å². The van der Waals surface area contributed by atoms with E-state index in [-0.39, 0.29) is 42.7 Å². The van der Waals surface area contributed by atoms with Gasteiger partial charge in [-0.25, -0.2) is 4.84 Å². The molecule has 0 spiro atoms. The van der Waals surface area contributed by atoms with E-state index in [1.165, 1.54) is 9.91 Å². The first-order valence-corrected chi connectivity index (χ1v) is 21.3. The number of methoxy groups -OCH3 is 1. The smallest absolute Gasteiger partial charge is 0.326 e. The number of aryl methyl sites for hydroxylation is 1. The standard InChI is InChI=1S/C45H60N8O7/c1-9-51-37-15-14-29-22-33(37)34(41(51)32-12-10-16-46-39(32)27(4)59-8)23-45(5,6)25-60-53(58)38-13-11-17-52(49-38)44(57)35(20-28-18-30(29)21-31(54)19-28)48-42(55)40(26(2)3)50(7)43(56)36-24-47-36/h14-16,18-19,21-22,26-27,35-36,38,40,47,49H,9-13,17,20,23-25H2,1-8H3,(H-,48,54,55)/p+1/t27-,35-,36-,38+,40-/m0/s1. The number of aromatic hydroxyl groups is 1. The number of carbonyl (C=O) groups excluding carboxylic acids is 3. The third-order valence-electron chi connectivity index (χ3n) is 12.2. The second kappa shape index (κ2) is 17.5. The van der Waals surface area contributed by atoms with Crippen LogP contribution in [-0.2, 0) is 43.3 Å². The monoisotopic (exact) mass is 825 g/mol. The van der Waals surface area contributed by atoms with E-state index in [2.05, 4.69) is 53.5 Å². The van der Waals surface area contributed by atoms with Crippen LogP contribution in [0.1, 0.15) is 84.0 Å². The normalized spacial score (nSPS) is 22.9. The summed E-state index contributed by atoms with van der Waals surface area (Å²) in [5.74, 6) is -1.34. The SMILES string of the molecule is CCn1c(C2=C([C@H](C)OC)N=CCC2)c2c3cc(ccc31)-c1cc(O)cc(c1)C[C@H](NC(=O)[C@H](C(C)C)N(C)C(=O)[C@@H]1CN1)C(=O)N1CCC[C@H](N1)[N+](=O)OCC(C)(C)C2. The number of benzene rings is 2. The molecule has 3 amide bonds. The minimum atomic E-state index is -1.11. The van der Waals surface area contributed by atoms with E-state index < -0.39 is 35.5 Å². The number of ether oxygens (including phenoxy) is 1. The van der Waals surface area contributed by atoms with Crippen LogP contribution in [0, 0.1) is 16.2 Å². The molecule has 0 saturated carbocycles. The molecule has 4 aliphatic heterocycles. The van der Waals surface area contributed by atoms with Crippen molar-refractivity contribution in [2.45, 2.75) is 117 Å². The zero-order chi connectivity index (χ0) is 43.0. The van der Waals surface area contributed by atoms with Crippen LogP contribution in [0.2, 0.25) is 0 Å². The summed E-state index contributed by atoms with van der Waals surface area (Å²) in [6, 6.07) is 9.31. The summed E-state index contributed by atoms with van der Waals surface area (Å²) in [6.45, 7) is 13.7. The molecule has 7 rings (SSSR count). The van der Waals surface area contributed by atoms with Crippen molar-refractivity contribution in [2.75, 3.05) is 33.9 Å². The number of nitrogens with one attached hydrogen (secondary N) is 3. The first-order valence-electron chi connectivity index (χ1n) is 21.3. The number of hydrogen-bond donors (Lipinski definition) is 4. The predicted octanol–water partition coefficient (Wildman–Crippen LogP) is 4.87. The van der Waals surface area contributed by atoms with Gasteiger partial charge in [-0.05, 0) is 92.0 Å². The van der Waals surface area contributed by atoms with Crippen LogP contribution in [0.15, 0.2) is 47.1 Å². The predicted molar refractivity (Wildman–Crippen MR) is 230 cm³/mol. The molecule has 0 radical (unpaired) electrons. The highest BCUT2D eigenvalue weighted by molar-refractivity contribution is 5.96. The molecule has 4 N–H and O–H groups in total. The topological polar surface area (TPSA) is 180 Å². The number of amides is 3. The molecule has 0 aliphatic carbocycles. The Balaban J connectivity index is 1.36. The first-order chi connectivity index (χ1) is 28.6. The fourth-order valence-electron chi connectivity index (χ4n) is 9.05. The molecular formula is C45H61N8O7+. The van der Waals surface area contributed by atoms with Gasteiger partial charge in [-0.15, -0.1) is 0 Å². The number of phenols is 1. The number of phenolic OH excluding ortho intramolecular Hbond substituents is 1. The van der Waals surface area contributed by atoms with E-state index in [0.717, 1.165) is 57.4 Å². The van der Waals surface area contributed by atoms with Gasteiger partial charge in [-0.2, -0.15) is 5.43 Å². The third kappa shape index (κ3) is 8.84. The Labute approximate surface area is 352 Å². The maximum atomic E-state index is 14.5. The lowest BCUT2D eigenvalue weighted by Crippen LogP contribution is -2.62. The molecule has 2 saturated heterocycles. The Hall–Kier alpha value is -5.12. The van der Waals surface area contributed by atoms with Gasteiger partial charge in [0.15, 0.2) is 6.61 Å². The minimum absolute atomic E-state index is 0.0174. The number of likely N-dealkylation sites (N-methyl/N-ethyl adjacent to an activating group) is 1. The number of hydrogen-bond acceptors (Lipinski definition) is 10. The molecule has 6 bridgehead atoms. The van der Waals surface area contributed by atoms with E-state index >= 15 is 0 Å². The van der Waals surface area contributed by atoms with Gasteiger partial charge in [0.25, 0.3) is 5.91 Å². The molecule has 5 heterocycles. The third-order valence-corrected chi connectivity index (χ3v) is 12.2. The molecule has 5 atom stereocenters. The highest BCUT2D eigenvalue weighted by Crippen LogP contribution is 2.42. The fourth-order valence-corrected chi connectivity index (χ4v) is 9.05. The van der Waals surface area contributed by atoms with Crippen molar-refractivity contribution in [3.8, 4) is 16.9 Å². The summed E-state index contributed by atoms with van der Waals surface area (Å²) in [6.07, 6.45) is 4.04. The molecule has 2 aromatic carbocycles. The lowest BCUT2D eigenvalue weighted by atomic mass is 9.83. The number of aromatic nitrogens is 1. The van der Waals surface area contributed by atoms with Gasteiger partial charge in [0.2, 0.25) is 16.7 Å². The molecule has 4 aliphatic rings. The quantitative estimate of drug-likeness (QED) is 0.219. The zero-order valence-electron chi connectivity index (χ0n) is 36.2. The van der Waals surface area contributed by atoms with Gasteiger partial charge < -0.3 is 29.9 Å². The molecular weight excluding hydrogens is 765 g/mol. The van der Waals surface area contributed by atoms with Crippen molar-refractivity contribution in [2.24, 2.45) is 16.3 Å². The molecule has 2 fully saturated rings. The summed E-state index contributed by atoms with van der Waals surface area (Å²) >= 11 is 0. The molecule has 15 heteroatoms. The number of carbonyl (C=O) groups is 3. The molecule has 60 heavy (non-hydrogen) atoms. The first kappa shape index (κ1) is 43.0. The number of hydrazine groups is 1. The largest absolute Gasteiger partial charge is 0.508 e. The Morgan fingerprint density at radius 2 is 1.93 bits per heavy atom. The summed E-state index contributed by atoms with van der Waals surface area (Å²) in [5.41, 5.74) is 10.1. The van der Waals surface area contributed by atoms with Gasteiger partial charge in [-0.3, -0.25) is 24.4 Å². The van der Waals surface area contributed by atoms with Crippen molar-refractivity contribution in [1.82, 2.24) is 30.5 Å². The summed E-state index contributed by atoms with van der Waals surface area (Å²) < 4.78 is 8.17.